The summed E-state index contributed by atoms with van der Waals surface area (Å²) >= 11 is 0. The molecule has 22 heavy (non-hydrogen) atoms. The van der Waals surface area contributed by atoms with Crippen LogP contribution in [0.3, 0.4) is 0 Å². The SMILES string of the molecule is CCOC(=O)C1(OCc2ccccc2)C=NC(C(=O)O)=CC1. The summed E-state index contributed by atoms with van der Waals surface area (Å²) in [4.78, 5) is 26.9. The van der Waals surface area contributed by atoms with E-state index in [1.165, 1.54) is 12.3 Å². The number of esters is 1. The van der Waals surface area contributed by atoms with Crippen LogP contribution in [0.15, 0.2) is 47.1 Å². The summed E-state index contributed by atoms with van der Waals surface area (Å²) in [6.45, 7) is 2.10. The molecule has 1 unspecified atom stereocenters. The average molecular weight is 303 g/mol. The highest BCUT2D eigenvalue weighted by molar-refractivity contribution is 6.02. The fourth-order valence-electron chi connectivity index (χ4n) is 2.00. The van der Waals surface area contributed by atoms with Crippen LogP contribution in [-0.4, -0.2) is 35.5 Å². The summed E-state index contributed by atoms with van der Waals surface area (Å²) in [5.41, 5.74) is -0.596. The molecule has 0 amide bonds. The maximum atomic E-state index is 12.2. The van der Waals surface area contributed by atoms with Crippen molar-refractivity contribution in [3.05, 3.63) is 47.7 Å². The summed E-state index contributed by atoms with van der Waals surface area (Å²) < 4.78 is 10.8. The Hall–Kier alpha value is -2.47. The maximum Gasteiger partial charge on any atom is 0.354 e. The molecule has 0 aromatic heterocycles. The van der Waals surface area contributed by atoms with Crippen LogP contribution in [-0.2, 0) is 25.7 Å². The molecular weight excluding hydrogens is 286 g/mol. The Morgan fingerprint density at radius 2 is 2.05 bits per heavy atom. The normalized spacial score (nSPS) is 20.3. The molecular formula is C16H17NO5. The first-order valence-electron chi connectivity index (χ1n) is 6.91. The molecule has 2 rings (SSSR count). The number of nitrogens with zero attached hydrogens (tertiary/aromatic N) is 1. The van der Waals surface area contributed by atoms with Crippen molar-refractivity contribution in [2.24, 2.45) is 4.99 Å². The molecule has 0 aliphatic carbocycles. The molecule has 0 saturated heterocycles. The number of carbonyl (C=O) groups is 2. The van der Waals surface area contributed by atoms with Crippen molar-refractivity contribution in [2.75, 3.05) is 6.61 Å². The number of carboxylic acids is 1. The van der Waals surface area contributed by atoms with Gasteiger partial charge in [0.25, 0.3) is 0 Å². The maximum absolute atomic E-state index is 12.2. The van der Waals surface area contributed by atoms with Gasteiger partial charge in [-0.15, -0.1) is 0 Å². The van der Waals surface area contributed by atoms with Gasteiger partial charge in [-0.2, -0.15) is 0 Å². The Kier molecular flexibility index (Phi) is 5.06. The third-order valence-corrected chi connectivity index (χ3v) is 3.19. The lowest BCUT2D eigenvalue weighted by atomic mass is 9.97. The molecule has 1 atom stereocenters. The predicted octanol–water partition coefficient (Wildman–Crippen LogP) is 1.95. The fraction of sp³-hybridized carbons (Fsp3) is 0.312. The van der Waals surface area contributed by atoms with Crippen LogP contribution in [0.25, 0.3) is 0 Å². The highest BCUT2D eigenvalue weighted by atomic mass is 16.6. The molecule has 0 bridgehead atoms. The predicted molar refractivity (Wildman–Crippen MR) is 79.4 cm³/mol. The minimum absolute atomic E-state index is 0.0732. The molecule has 6 heteroatoms. The first-order valence-corrected chi connectivity index (χ1v) is 6.91. The zero-order chi connectivity index (χ0) is 16.0. The lowest BCUT2D eigenvalue weighted by Gasteiger charge is -2.28. The molecule has 116 valence electrons. The molecule has 1 aliphatic heterocycles. The number of benzene rings is 1. The van der Waals surface area contributed by atoms with Gasteiger partial charge < -0.3 is 14.6 Å². The van der Waals surface area contributed by atoms with Crippen molar-refractivity contribution in [3.8, 4) is 0 Å². The Morgan fingerprint density at radius 3 is 2.59 bits per heavy atom. The van der Waals surface area contributed by atoms with E-state index < -0.39 is 17.5 Å². The van der Waals surface area contributed by atoms with E-state index in [0.717, 1.165) is 5.56 Å². The quantitative estimate of drug-likeness (QED) is 0.812. The van der Waals surface area contributed by atoms with Crippen molar-refractivity contribution in [2.45, 2.75) is 25.6 Å². The Labute approximate surface area is 128 Å². The van der Waals surface area contributed by atoms with E-state index in [0.29, 0.717) is 0 Å². The topological polar surface area (TPSA) is 85.2 Å². The van der Waals surface area contributed by atoms with Crippen molar-refractivity contribution >= 4 is 18.2 Å². The zero-order valence-corrected chi connectivity index (χ0v) is 12.2. The molecule has 6 nitrogen and oxygen atoms in total. The van der Waals surface area contributed by atoms with Gasteiger partial charge in [-0.3, -0.25) is 4.99 Å². The summed E-state index contributed by atoms with van der Waals surface area (Å²) in [6.07, 6.45) is 2.66. The minimum atomic E-state index is -1.38. The first kappa shape index (κ1) is 15.9. The molecule has 0 fully saturated rings. The Bertz CT molecular complexity index is 608. The van der Waals surface area contributed by atoms with E-state index in [9.17, 15) is 9.59 Å². The van der Waals surface area contributed by atoms with Gasteiger partial charge in [-0.25, -0.2) is 9.59 Å². The second kappa shape index (κ2) is 7.00. The molecule has 1 N–H and O–H groups in total. The number of aliphatic imine (C=N–C) groups is 1. The summed E-state index contributed by atoms with van der Waals surface area (Å²) in [5.74, 6) is -1.72. The number of hydrogen-bond donors (Lipinski definition) is 1. The third kappa shape index (κ3) is 3.59. The second-order valence-electron chi connectivity index (χ2n) is 4.74. The Morgan fingerprint density at radius 1 is 1.32 bits per heavy atom. The lowest BCUT2D eigenvalue weighted by Crippen LogP contribution is -2.45. The molecule has 1 aromatic rings. The molecule has 1 aliphatic rings. The molecule has 1 heterocycles. The van der Waals surface area contributed by atoms with Gasteiger partial charge in [0.15, 0.2) is 0 Å². The van der Waals surface area contributed by atoms with Crippen LogP contribution >= 0.6 is 0 Å². The number of hydrogen-bond acceptors (Lipinski definition) is 5. The molecule has 1 aromatic carbocycles. The van der Waals surface area contributed by atoms with E-state index in [1.54, 1.807) is 6.92 Å². The van der Waals surface area contributed by atoms with E-state index >= 15 is 0 Å². The number of aliphatic carboxylic acids is 1. The van der Waals surface area contributed by atoms with E-state index in [1.807, 2.05) is 30.3 Å². The average Bonchev–Trinajstić information content (AvgIpc) is 2.54. The van der Waals surface area contributed by atoms with Gasteiger partial charge >= 0.3 is 11.9 Å². The third-order valence-electron chi connectivity index (χ3n) is 3.19. The van der Waals surface area contributed by atoms with Crippen LogP contribution < -0.4 is 0 Å². The zero-order valence-electron chi connectivity index (χ0n) is 12.2. The molecule has 0 saturated carbocycles. The summed E-state index contributed by atoms with van der Waals surface area (Å²) in [5, 5.41) is 8.92. The highest BCUT2D eigenvalue weighted by Crippen LogP contribution is 2.24. The lowest BCUT2D eigenvalue weighted by molar-refractivity contribution is -0.164. The van der Waals surface area contributed by atoms with Gasteiger partial charge in [-0.05, 0) is 18.6 Å². The van der Waals surface area contributed by atoms with Gasteiger partial charge in [0.2, 0.25) is 5.60 Å². The number of carboxylic acid groups (broad SMARTS) is 1. The minimum Gasteiger partial charge on any atom is -0.477 e. The van der Waals surface area contributed by atoms with Gasteiger partial charge in [0.05, 0.1) is 13.2 Å². The van der Waals surface area contributed by atoms with Crippen molar-refractivity contribution in [1.29, 1.82) is 0 Å². The standard InChI is InChI=1S/C16H17NO5/c1-2-21-15(20)16(9-8-13(14(18)19)17-11-16)22-10-12-6-4-3-5-7-12/h3-8,11H,2,9-10H2,1H3,(H,18,19). The van der Waals surface area contributed by atoms with Crippen LogP contribution in [0.2, 0.25) is 0 Å². The van der Waals surface area contributed by atoms with Gasteiger partial charge in [-0.1, -0.05) is 30.3 Å². The van der Waals surface area contributed by atoms with Crippen molar-refractivity contribution in [1.82, 2.24) is 0 Å². The van der Waals surface area contributed by atoms with Crippen LogP contribution in [0.1, 0.15) is 18.9 Å². The van der Waals surface area contributed by atoms with Gasteiger partial charge in [0.1, 0.15) is 5.70 Å². The fourth-order valence-corrected chi connectivity index (χ4v) is 2.00. The number of carbonyl (C=O) groups excluding carboxylic acids is 1. The van der Waals surface area contributed by atoms with Crippen LogP contribution in [0.4, 0.5) is 0 Å². The number of rotatable bonds is 6. The molecule has 0 spiro atoms. The van der Waals surface area contributed by atoms with Crippen molar-refractivity contribution in [3.63, 3.8) is 0 Å². The van der Waals surface area contributed by atoms with Crippen LogP contribution in [0.5, 0.6) is 0 Å². The highest BCUT2D eigenvalue weighted by Gasteiger charge is 2.41. The first-order chi connectivity index (χ1) is 10.6. The molecule has 0 radical (unpaired) electrons. The van der Waals surface area contributed by atoms with Gasteiger partial charge in [0, 0.05) is 12.6 Å². The Balaban J connectivity index is 2.16. The van der Waals surface area contributed by atoms with Crippen molar-refractivity contribution < 1.29 is 24.2 Å². The van der Waals surface area contributed by atoms with E-state index in [4.69, 9.17) is 14.6 Å². The summed E-state index contributed by atoms with van der Waals surface area (Å²) in [6, 6.07) is 9.36. The second-order valence-corrected chi connectivity index (χ2v) is 4.74. The number of ether oxygens (including phenoxy) is 2. The van der Waals surface area contributed by atoms with E-state index in [2.05, 4.69) is 4.99 Å². The summed E-state index contributed by atoms with van der Waals surface area (Å²) in [7, 11) is 0. The monoisotopic (exact) mass is 303 g/mol. The largest absolute Gasteiger partial charge is 0.477 e. The smallest absolute Gasteiger partial charge is 0.354 e. The van der Waals surface area contributed by atoms with Crippen LogP contribution in [0, 0.1) is 0 Å². The van der Waals surface area contributed by atoms with E-state index in [-0.39, 0.29) is 25.3 Å².